The molecule has 1 amide bonds. The third-order valence-corrected chi connectivity index (χ3v) is 5.21. The number of anilines is 1. The molecule has 1 saturated carbocycles. The van der Waals surface area contributed by atoms with Crippen molar-refractivity contribution in [2.45, 2.75) is 25.4 Å². The maximum atomic E-state index is 12.5. The topological polar surface area (TPSA) is 63.9 Å². The molecule has 23 heavy (non-hydrogen) atoms. The Balaban J connectivity index is 1.52. The second-order valence-electron chi connectivity index (χ2n) is 5.84. The lowest BCUT2D eigenvalue weighted by atomic mass is 10.3. The molecule has 6 nitrogen and oxygen atoms in total. The molecular weight excluding hydrogens is 310 g/mol. The third kappa shape index (κ3) is 2.00. The van der Waals surface area contributed by atoms with Crippen LogP contribution in [0.1, 0.15) is 34.1 Å². The molecule has 4 heterocycles. The first-order valence-corrected chi connectivity index (χ1v) is 8.44. The van der Waals surface area contributed by atoms with E-state index in [4.69, 9.17) is 0 Å². The highest BCUT2D eigenvalue weighted by Gasteiger charge is 2.31. The quantitative estimate of drug-likeness (QED) is 0.743. The first-order chi connectivity index (χ1) is 11.3. The molecule has 0 aromatic carbocycles. The van der Waals surface area contributed by atoms with E-state index in [0.717, 1.165) is 34.8 Å². The van der Waals surface area contributed by atoms with E-state index in [-0.39, 0.29) is 5.91 Å². The summed E-state index contributed by atoms with van der Waals surface area (Å²) in [6.45, 7) is 0.587. The largest absolute Gasteiger partial charge is 0.309 e. The molecule has 0 radical (unpaired) electrons. The van der Waals surface area contributed by atoms with Crippen LogP contribution in [-0.4, -0.2) is 25.7 Å². The van der Waals surface area contributed by atoms with Crippen LogP contribution in [0.3, 0.4) is 0 Å². The van der Waals surface area contributed by atoms with E-state index in [9.17, 15) is 4.79 Å². The Labute approximate surface area is 136 Å². The minimum Gasteiger partial charge on any atom is -0.309 e. The van der Waals surface area contributed by atoms with Crippen molar-refractivity contribution >= 4 is 23.1 Å². The Morgan fingerprint density at radius 1 is 1.22 bits per heavy atom. The molecule has 2 aliphatic rings. The third-order valence-electron chi connectivity index (χ3n) is 4.27. The summed E-state index contributed by atoms with van der Waals surface area (Å²) in [5, 5.41) is 10.2. The van der Waals surface area contributed by atoms with Gasteiger partial charge in [-0.15, -0.1) is 21.5 Å². The van der Waals surface area contributed by atoms with Crippen molar-refractivity contribution in [2.24, 2.45) is 0 Å². The summed E-state index contributed by atoms with van der Waals surface area (Å²) in [7, 11) is 0. The SMILES string of the molecule is O=C1c2sccc2CN1c1cccc(-c2nncn2C2CC2)n1. The van der Waals surface area contributed by atoms with Gasteiger partial charge in [-0.25, -0.2) is 4.98 Å². The fourth-order valence-corrected chi connectivity index (χ4v) is 3.80. The highest BCUT2D eigenvalue weighted by Crippen LogP contribution is 2.37. The van der Waals surface area contributed by atoms with Crippen molar-refractivity contribution in [1.82, 2.24) is 19.7 Å². The number of carbonyl (C=O) groups is 1. The van der Waals surface area contributed by atoms with E-state index in [1.54, 1.807) is 11.2 Å². The van der Waals surface area contributed by atoms with Crippen LogP contribution in [0.15, 0.2) is 36.0 Å². The molecule has 114 valence electrons. The van der Waals surface area contributed by atoms with Crippen LogP contribution >= 0.6 is 11.3 Å². The van der Waals surface area contributed by atoms with Gasteiger partial charge in [-0.05, 0) is 42.0 Å². The number of aromatic nitrogens is 4. The minimum absolute atomic E-state index is 0.0308. The first kappa shape index (κ1) is 13.0. The molecule has 3 aromatic rings. The number of thiophene rings is 1. The molecule has 0 spiro atoms. The molecule has 0 unspecified atom stereocenters. The van der Waals surface area contributed by atoms with E-state index in [0.29, 0.717) is 18.4 Å². The second-order valence-corrected chi connectivity index (χ2v) is 6.76. The van der Waals surface area contributed by atoms with Crippen molar-refractivity contribution < 1.29 is 4.79 Å². The van der Waals surface area contributed by atoms with Gasteiger partial charge in [-0.3, -0.25) is 9.69 Å². The van der Waals surface area contributed by atoms with E-state index in [1.165, 1.54) is 11.3 Å². The maximum absolute atomic E-state index is 12.5. The molecule has 7 heteroatoms. The number of amides is 1. The molecular formula is C16H13N5OS. The van der Waals surface area contributed by atoms with Gasteiger partial charge in [0.25, 0.3) is 5.91 Å². The van der Waals surface area contributed by atoms with Crippen LogP contribution in [0.2, 0.25) is 0 Å². The van der Waals surface area contributed by atoms with Gasteiger partial charge in [0.2, 0.25) is 0 Å². The molecule has 0 N–H and O–H groups in total. The van der Waals surface area contributed by atoms with E-state index >= 15 is 0 Å². The summed E-state index contributed by atoms with van der Waals surface area (Å²) in [6.07, 6.45) is 4.09. The predicted molar refractivity (Wildman–Crippen MR) is 86.4 cm³/mol. The smallest absolute Gasteiger partial charge is 0.270 e. The molecule has 1 aliphatic heterocycles. The van der Waals surface area contributed by atoms with Gasteiger partial charge in [0.05, 0.1) is 11.4 Å². The molecule has 1 fully saturated rings. The average Bonchev–Trinajstić information content (AvgIpc) is 3.00. The Kier molecular flexibility index (Phi) is 2.66. The van der Waals surface area contributed by atoms with Crippen LogP contribution in [0.4, 0.5) is 5.82 Å². The van der Waals surface area contributed by atoms with E-state index in [2.05, 4.69) is 19.7 Å². The monoisotopic (exact) mass is 323 g/mol. The van der Waals surface area contributed by atoms with Crippen LogP contribution in [-0.2, 0) is 6.54 Å². The maximum Gasteiger partial charge on any atom is 0.270 e. The second kappa shape index (κ2) is 4.73. The van der Waals surface area contributed by atoms with Gasteiger partial charge < -0.3 is 4.57 Å². The number of hydrogen-bond acceptors (Lipinski definition) is 5. The summed E-state index contributed by atoms with van der Waals surface area (Å²) >= 11 is 1.49. The number of carbonyl (C=O) groups excluding carboxylic acids is 1. The Hall–Kier alpha value is -2.54. The molecule has 1 aliphatic carbocycles. The predicted octanol–water partition coefficient (Wildman–Crippen LogP) is 2.90. The lowest BCUT2D eigenvalue weighted by Crippen LogP contribution is -2.24. The average molecular weight is 323 g/mol. The van der Waals surface area contributed by atoms with E-state index in [1.807, 2.05) is 29.6 Å². The summed E-state index contributed by atoms with van der Waals surface area (Å²) in [5.74, 6) is 1.47. The van der Waals surface area contributed by atoms with Crippen LogP contribution in [0.5, 0.6) is 0 Å². The number of pyridine rings is 1. The van der Waals surface area contributed by atoms with Crippen molar-refractivity contribution in [3.63, 3.8) is 0 Å². The minimum atomic E-state index is 0.0308. The van der Waals surface area contributed by atoms with Gasteiger partial charge in [0.1, 0.15) is 17.8 Å². The highest BCUT2D eigenvalue weighted by molar-refractivity contribution is 7.12. The fraction of sp³-hybridized carbons (Fsp3) is 0.250. The standard InChI is InChI=1S/C16H13N5OS/c22-16-14-10(6-7-23-14)8-20(16)13-3-1-2-12(18-13)15-19-17-9-21(15)11-4-5-11/h1-3,6-7,9,11H,4-5,8H2. The first-order valence-electron chi connectivity index (χ1n) is 7.56. The van der Waals surface area contributed by atoms with Crippen LogP contribution < -0.4 is 4.90 Å². The Morgan fingerprint density at radius 2 is 2.13 bits per heavy atom. The lowest BCUT2D eigenvalue weighted by molar-refractivity contribution is 0.0999. The molecule has 0 bridgehead atoms. The van der Waals surface area contributed by atoms with Gasteiger partial charge in [-0.2, -0.15) is 0 Å². The van der Waals surface area contributed by atoms with Gasteiger partial charge in [0, 0.05) is 6.04 Å². The molecule has 5 rings (SSSR count). The zero-order valence-corrected chi connectivity index (χ0v) is 13.0. The molecule has 0 saturated heterocycles. The highest BCUT2D eigenvalue weighted by atomic mass is 32.1. The van der Waals surface area contributed by atoms with E-state index < -0.39 is 0 Å². The van der Waals surface area contributed by atoms with Crippen LogP contribution in [0, 0.1) is 0 Å². The van der Waals surface area contributed by atoms with Crippen molar-refractivity contribution in [3.8, 4) is 11.5 Å². The zero-order chi connectivity index (χ0) is 15.4. The fourth-order valence-electron chi connectivity index (χ4n) is 2.94. The summed E-state index contributed by atoms with van der Waals surface area (Å²) in [5.41, 5.74) is 1.84. The van der Waals surface area contributed by atoms with Crippen molar-refractivity contribution in [2.75, 3.05) is 4.90 Å². The van der Waals surface area contributed by atoms with Gasteiger partial charge in [0.15, 0.2) is 5.82 Å². The van der Waals surface area contributed by atoms with Gasteiger partial charge >= 0.3 is 0 Å². The Bertz CT molecular complexity index is 911. The normalized spacial score (nSPS) is 16.9. The summed E-state index contributed by atoms with van der Waals surface area (Å²) < 4.78 is 2.08. The zero-order valence-electron chi connectivity index (χ0n) is 12.2. The summed E-state index contributed by atoms with van der Waals surface area (Å²) in [4.78, 5) is 19.7. The van der Waals surface area contributed by atoms with Crippen molar-refractivity contribution in [1.29, 1.82) is 0 Å². The number of fused-ring (bicyclic) bond motifs is 1. The van der Waals surface area contributed by atoms with Crippen molar-refractivity contribution in [3.05, 3.63) is 46.4 Å². The van der Waals surface area contributed by atoms with Gasteiger partial charge in [-0.1, -0.05) is 6.07 Å². The number of rotatable bonds is 3. The molecule has 3 aromatic heterocycles. The number of nitrogens with zero attached hydrogens (tertiary/aromatic N) is 5. The lowest BCUT2D eigenvalue weighted by Gasteiger charge is -2.15. The number of hydrogen-bond donors (Lipinski definition) is 0. The Morgan fingerprint density at radius 3 is 2.96 bits per heavy atom. The molecule has 0 atom stereocenters. The van der Waals surface area contributed by atoms with Crippen LogP contribution in [0.25, 0.3) is 11.5 Å². The summed E-state index contributed by atoms with van der Waals surface area (Å²) in [6, 6.07) is 8.21.